The fourth-order valence-electron chi connectivity index (χ4n) is 4.44. The van der Waals surface area contributed by atoms with Crippen LogP contribution in [0, 0.1) is 5.82 Å². The van der Waals surface area contributed by atoms with Crippen LogP contribution in [0.1, 0.15) is 41.9 Å². The summed E-state index contributed by atoms with van der Waals surface area (Å²) in [7, 11) is 1.46. The van der Waals surface area contributed by atoms with E-state index in [9.17, 15) is 14.7 Å². The molecular formula is C21H23ClFN3O4S. The Morgan fingerprint density at radius 1 is 1.35 bits per heavy atom. The van der Waals surface area contributed by atoms with E-state index in [-0.39, 0.29) is 51.7 Å². The minimum Gasteiger partial charge on any atom is -0.505 e. The van der Waals surface area contributed by atoms with Crippen molar-refractivity contribution in [2.24, 2.45) is 5.73 Å². The van der Waals surface area contributed by atoms with Gasteiger partial charge in [-0.05, 0) is 25.3 Å². The minimum atomic E-state index is -0.561. The smallest absolute Gasteiger partial charge is 0.202 e. The van der Waals surface area contributed by atoms with E-state index in [0.717, 1.165) is 30.6 Å². The molecule has 1 atom stereocenters. The highest BCUT2D eigenvalue weighted by molar-refractivity contribution is 7.21. The molecule has 3 N–H and O–H groups in total. The van der Waals surface area contributed by atoms with Crippen molar-refractivity contribution < 1.29 is 19.0 Å². The average Bonchev–Trinajstić information content (AvgIpc) is 3.35. The first-order valence-electron chi connectivity index (χ1n) is 9.95. The van der Waals surface area contributed by atoms with Crippen LogP contribution < -0.4 is 20.8 Å². The van der Waals surface area contributed by atoms with E-state index in [1.807, 2.05) is 9.47 Å². The summed E-state index contributed by atoms with van der Waals surface area (Å²) in [5, 5.41) is 10.8. The molecule has 1 unspecified atom stereocenters. The van der Waals surface area contributed by atoms with Gasteiger partial charge in [-0.25, -0.2) is 4.39 Å². The first-order valence-corrected chi connectivity index (χ1v) is 10.8. The predicted octanol–water partition coefficient (Wildman–Crippen LogP) is 3.57. The zero-order valence-electron chi connectivity index (χ0n) is 17.1. The Morgan fingerprint density at radius 2 is 2.06 bits per heavy atom. The van der Waals surface area contributed by atoms with E-state index in [1.165, 1.54) is 20.1 Å². The summed E-state index contributed by atoms with van der Waals surface area (Å²) in [4.78, 5) is 27.8. The lowest BCUT2D eigenvalue weighted by atomic mass is 10.1. The zero-order chi connectivity index (χ0) is 21.3. The van der Waals surface area contributed by atoms with Gasteiger partial charge in [0.05, 0.1) is 18.0 Å². The summed E-state index contributed by atoms with van der Waals surface area (Å²) in [5.74, 6) is -0.904. The van der Waals surface area contributed by atoms with Crippen molar-refractivity contribution in [1.82, 2.24) is 4.57 Å². The van der Waals surface area contributed by atoms with Gasteiger partial charge in [0, 0.05) is 32.1 Å². The van der Waals surface area contributed by atoms with Crippen LogP contribution in [0.2, 0.25) is 0 Å². The summed E-state index contributed by atoms with van der Waals surface area (Å²) in [6.45, 7) is 2.46. The normalized spacial score (nSPS) is 18.6. The number of Topliss-reactive ketones (excluding diaryl/α,β-unsaturated/α-hetero) is 1. The maximum atomic E-state index is 15.3. The molecule has 2 aromatic heterocycles. The number of fused-ring (bicyclic) bond motifs is 2. The Hall–Kier alpha value is -2.36. The van der Waals surface area contributed by atoms with Gasteiger partial charge in [-0.15, -0.1) is 23.7 Å². The van der Waals surface area contributed by atoms with Crippen molar-refractivity contribution in [3.63, 3.8) is 0 Å². The first-order chi connectivity index (χ1) is 14.3. The SMILES string of the molecule is COc1c(N2CCC(N)C2)c(F)cc2c(=O)c3c(O)c(C(C)=O)sc3n(C3CC3)c12.Cl. The number of carbonyl (C=O) groups excluding carboxylic acids is 1. The molecule has 1 aliphatic heterocycles. The Bertz CT molecular complexity index is 1280. The van der Waals surface area contributed by atoms with Crippen LogP contribution in [0.4, 0.5) is 10.1 Å². The molecule has 0 radical (unpaired) electrons. The molecule has 0 bridgehead atoms. The van der Waals surface area contributed by atoms with Crippen LogP contribution in [-0.4, -0.2) is 41.7 Å². The second kappa shape index (κ2) is 7.65. The second-order valence-electron chi connectivity index (χ2n) is 8.08. The van der Waals surface area contributed by atoms with Gasteiger partial charge in [-0.3, -0.25) is 9.59 Å². The lowest BCUT2D eigenvalue weighted by Gasteiger charge is -2.24. The van der Waals surface area contributed by atoms with Gasteiger partial charge in [0.25, 0.3) is 0 Å². The van der Waals surface area contributed by atoms with Crippen molar-refractivity contribution in [3.05, 3.63) is 27.0 Å². The van der Waals surface area contributed by atoms with E-state index in [4.69, 9.17) is 10.5 Å². The van der Waals surface area contributed by atoms with Gasteiger partial charge in [-0.1, -0.05) is 0 Å². The summed E-state index contributed by atoms with van der Waals surface area (Å²) in [6, 6.07) is 1.27. The van der Waals surface area contributed by atoms with Crippen molar-refractivity contribution in [3.8, 4) is 11.5 Å². The number of carbonyl (C=O) groups is 1. The lowest BCUT2D eigenvalue weighted by Crippen LogP contribution is -2.27. The van der Waals surface area contributed by atoms with Gasteiger partial charge < -0.3 is 25.0 Å². The van der Waals surface area contributed by atoms with Gasteiger partial charge in [0.1, 0.15) is 20.8 Å². The first kappa shape index (κ1) is 21.9. The molecule has 1 aliphatic carbocycles. The quantitative estimate of drug-likeness (QED) is 0.569. The number of rotatable bonds is 4. The summed E-state index contributed by atoms with van der Waals surface area (Å²) in [6.07, 6.45) is 2.53. The Labute approximate surface area is 187 Å². The van der Waals surface area contributed by atoms with Crippen LogP contribution in [-0.2, 0) is 0 Å². The number of hydrogen-bond donors (Lipinski definition) is 2. The Balaban J connectivity index is 0.00000231. The van der Waals surface area contributed by atoms with E-state index < -0.39 is 11.2 Å². The number of nitrogens with two attached hydrogens (primary N) is 1. The molecule has 7 nitrogen and oxygen atoms in total. The lowest BCUT2D eigenvalue weighted by molar-refractivity contribution is 0.101. The highest BCUT2D eigenvalue weighted by Gasteiger charge is 2.34. The van der Waals surface area contributed by atoms with Crippen molar-refractivity contribution in [2.45, 2.75) is 38.3 Å². The van der Waals surface area contributed by atoms with E-state index >= 15 is 4.39 Å². The van der Waals surface area contributed by atoms with Crippen molar-refractivity contribution in [2.75, 3.05) is 25.1 Å². The molecule has 2 aliphatic rings. The number of pyridine rings is 1. The molecule has 31 heavy (non-hydrogen) atoms. The molecule has 1 aromatic carbocycles. The number of aromatic nitrogens is 1. The largest absolute Gasteiger partial charge is 0.505 e. The van der Waals surface area contributed by atoms with Gasteiger partial charge in [-0.2, -0.15) is 0 Å². The third kappa shape index (κ3) is 3.18. The van der Waals surface area contributed by atoms with Gasteiger partial charge >= 0.3 is 0 Å². The Kier molecular flexibility index (Phi) is 5.39. The fourth-order valence-corrected chi connectivity index (χ4v) is 5.60. The maximum absolute atomic E-state index is 15.3. The molecule has 10 heteroatoms. The average molecular weight is 468 g/mol. The topological polar surface area (TPSA) is 97.8 Å². The number of methoxy groups -OCH3 is 1. The monoisotopic (exact) mass is 467 g/mol. The van der Waals surface area contributed by atoms with E-state index in [0.29, 0.717) is 34.9 Å². The minimum absolute atomic E-state index is 0. The molecule has 1 saturated heterocycles. The summed E-state index contributed by atoms with van der Waals surface area (Å²) < 4.78 is 22.9. The number of ketones is 1. The number of nitrogens with zero attached hydrogens (tertiary/aromatic N) is 2. The summed E-state index contributed by atoms with van der Waals surface area (Å²) >= 11 is 1.10. The maximum Gasteiger partial charge on any atom is 0.202 e. The standard InChI is InChI=1S/C21H22FN3O4S.ClH/c1-9(26)20-18(28)14-17(27)12-7-13(22)16(24-6-5-10(23)8-24)19(29-2)15(12)25(11-3-4-11)21(14)30-20;/h7,10-11,28H,3-6,8,23H2,1-2H3;1H. The van der Waals surface area contributed by atoms with Crippen LogP contribution in [0.15, 0.2) is 10.9 Å². The molecule has 0 spiro atoms. The molecule has 0 amide bonds. The third-order valence-electron chi connectivity index (χ3n) is 5.96. The zero-order valence-corrected chi connectivity index (χ0v) is 18.7. The van der Waals surface area contributed by atoms with Crippen LogP contribution in [0.5, 0.6) is 11.5 Å². The second-order valence-corrected chi connectivity index (χ2v) is 9.08. The number of benzene rings is 1. The molecule has 3 aromatic rings. The highest BCUT2D eigenvalue weighted by atomic mass is 35.5. The molecule has 3 heterocycles. The summed E-state index contributed by atoms with van der Waals surface area (Å²) in [5.41, 5.74) is 6.34. The number of hydrogen-bond acceptors (Lipinski definition) is 7. The van der Waals surface area contributed by atoms with Crippen molar-refractivity contribution >= 4 is 56.3 Å². The predicted molar refractivity (Wildman–Crippen MR) is 122 cm³/mol. The fraction of sp³-hybridized carbons (Fsp3) is 0.429. The number of ether oxygens (including phenoxy) is 1. The molecule has 166 valence electrons. The third-order valence-corrected chi connectivity index (χ3v) is 7.23. The number of halogens is 2. The molecule has 1 saturated carbocycles. The molecular weight excluding hydrogens is 445 g/mol. The highest BCUT2D eigenvalue weighted by Crippen LogP contribution is 2.48. The van der Waals surface area contributed by atoms with Crippen LogP contribution >= 0.6 is 23.7 Å². The number of anilines is 1. The van der Waals surface area contributed by atoms with Crippen LogP contribution in [0.3, 0.4) is 0 Å². The Morgan fingerprint density at radius 3 is 2.61 bits per heavy atom. The van der Waals surface area contributed by atoms with Crippen LogP contribution in [0.25, 0.3) is 21.1 Å². The van der Waals surface area contributed by atoms with Crippen molar-refractivity contribution in [1.29, 1.82) is 0 Å². The number of thiophene rings is 1. The van der Waals surface area contributed by atoms with E-state index in [2.05, 4.69) is 0 Å². The van der Waals surface area contributed by atoms with E-state index in [1.54, 1.807) is 0 Å². The molecule has 2 fully saturated rings. The number of aromatic hydroxyl groups is 1. The van der Waals surface area contributed by atoms with Gasteiger partial charge in [0.15, 0.2) is 23.1 Å². The molecule has 5 rings (SSSR count). The van der Waals surface area contributed by atoms with Gasteiger partial charge in [0.2, 0.25) is 5.43 Å².